The Morgan fingerprint density at radius 1 is 1.43 bits per heavy atom. The molecule has 2 nitrogen and oxygen atoms in total. The lowest BCUT2D eigenvalue weighted by Crippen LogP contribution is -2.26. The third-order valence-electron chi connectivity index (χ3n) is 1.93. The van der Waals surface area contributed by atoms with Crippen LogP contribution in [0.1, 0.15) is 17.3 Å². The highest BCUT2D eigenvalue weighted by Crippen LogP contribution is 2.06. The summed E-state index contributed by atoms with van der Waals surface area (Å²) < 4.78 is 0. The van der Waals surface area contributed by atoms with E-state index in [0.29, 0.717) is 11.5 Å². The van der Waals surface area contributed by atoms with Crippen LogP contribution in [0.25, 0.3) is 12.7 Å². The number of aromatic hydroxyl groups is 1. The van der Waals surface area contributed by atoms with E-state index in [1.165, 1.54) is 6.07 Å². The van der Waals surface area contributed by atoms with Crippen molar-refractivity contribution in [2.24, 2.45) is 0 Å². The van der Waals surface area contributed by atoms with Crippen LogP contribution in [-0.4, -0.2) is 11.4 Å². The lowest BCUT2D eigenvalue weighted by molar-refractivity contribution is 0.112. The maximum Gasteiger partial charge on any atom is 0.154 e. The normalized spacial score (nSPS) is 12.2. The zero-order valence-corrected chi connectivity index (χ0v) is 8.03. The van der Waals surface area contributed by atoms with Gasteiger partial charge in [-0.15, -0.1) is 0 Å². The molecule has 1 rings (SSSR count). The van der Waals surface area contributed by atoms with Crippen LogP contribution >= 0.6 is 0 Å². The Labute approximate surface area is 82.5 Å². The van der Waals surface area contributed by atoms with Gasteiger partial charge < -0.3 is 5.11 Å². The van der Waals surface area contributed by atoms with Crippen molar-refractivity contribution in [3.8, 4) is 5.75 Å². The fraction of sp³-hybridized carbons (Fsp3) is 0.0833. The Balaban J connectivity index is 3.61. The fourth-order valence-electron chi connectivity index (χ4n) is 1.18. The Morgan fingerprint density at radius 3 is 2.71 bits per heavy atom. The van der Waals surface area contributed by atoms with Crippen LogP contribution in [0.4, 0.5) is 0 Å². The van der Waals surface area contributed by atoms with Crippen LogP contribution in [0.3, 0.4) is 0 Å². The average Bonchev–Trinajstić information content (AvgIpc) is 2.19. The number of allylic oxidation sites excluding steroid dienone is 2. The van der Waals surface area contributed by atoms with Gasteiger partial charge in [-0.3, -0.25) is 4.79 Å². The number of phenolic OH excluding ortho intramolecular Hbond substituents is 1. The molecule has 0 spiro atoms. The zero-order chi connectivity index (χ0) is 10.6. The molecule has 0 radical (unpaired) electrons. The Kier molecular flexibility index (Phi) is 3.24. The van der Waals surface area contributed by atoms with Gasteiger partial charge in [0.1, 0.15) is 5.75 Å². The molecule has 72 valence electrons. The molecule has 0 heterocycles. The fourth-order valence-corrected chi connectivity index (χ4v) is 1.18. The summed E-state index contributed by atoms with van der Waals surface area (Å²) in [5, 5.41) is 10.8. The van der Waals surface area contributed by atoms with Crippen molar-refractivity contribution in [3.05, 3.63) is 40.3 Å². The molecule has 0 atom stereocenters. The highest BCUT2D eigenvalue weighted by molar-refractivity contribution is 5.80. The molecule has 0 amide bonds. The second-order valence-corrected chi connectivity index (χ2v) is 2.88. The third kappa shape index (κ3) is 1.91. The first-order valence-corrected chi connectivity index (χ1v) is 4.29. The largest absolute Gasteiger partial charge is 0.507 e. The van der Waals surface area contributed by atoms with Crippen LogP contribution < -0.4 is 10.4 Å². The number of aldehydes is 1. The van der Waals surface area contributed by atoms with Gasteiger partial charge in [0.2, 0.25) is 0 Å². The van der Waals surface area contributed by atoms with E-state index in [0.717, 1.165) is 5.22 Å². The standard InChI is InChI=1S/C12H12O2/c1-3-4-5-10-9(2)6-7-12(14)11(10)8-13/h3-8,14H,2H2,1H3/b4-3-,10-5+. The molecule has 0 unspecified atom stereocenters. The van der Waals surface area contributed by atoms with Crippen LogP contribution in [0.15, 0.2) is 24.3 Å². The third-order valence-corrected chi connectivity index (χ3v) is 1.93. The van der Waals surface area contributed by atoms with Gasteiger partial charge in [-0.2, -0.15) is 0 Å². The summed E-state index contributed by atoms with van der Waals surface area (Å²) in [5.41, 5.74) is 0.288. The smallest absolute Gasteiger partial charge is 0.154 e. The SMILES string of the molecule is C=c1ccc(O)c(C=O)/c1=C/C=C\C. The molecular weight excluding hydrogens is 176 g/mol. The minimum atomic E-state index is -0.0110. The molecule has 1 N–H and O–H groups in total. The van der Waals surface area contributed by atoms with E-state index in [-0.39, 0.29) is 11.3 Å². The monoisotopic (exact) mass is 188 g/mol. The summed E-state index contributed by atoms with van der Waals surface area (Å²) in [4.78, 5) is 10.7. The number of phenols is 1. The molecule has 0 bridgehead atoms. The zero-order valence-electron chi connectivity index (χ0n) is 8.03. The molecule has 1 aromatic rings. The highest BCUT2D eigenvalue weighted by Gasteiger charge is 2.00. The lowest BCUT2D eigenvalue weighted by Gasteiger charge is -1.97. The summed E-state index contributed by atoms with van der Waals surface area (Å²) in [6, 6.07) is 3.15. The first kappa shape index (κ1) is 10.3. The van der Waals surface area contributed by atoms with Crippen molar-refractivity contribution in [3.63, 3.8) is 0 Å². The summed E-state index contributed by atoms with van der Waals surface area (Å²) >= 11 is 0. The van der Waals surface area contributed by atoms with Gasteiger partial charge in [-0.25, -0.2) is 0 Å². The van der Waals surface area contributed by atoms with Gasteiger partial charge in [0.25, 0.3) is 0 Å². The Hall–Kier alpha value is -1.83. The van der Waals surface area contributed by atoms with Gasteiger partial charge in [0.05, 0.1) is 5.56 Å². The van der Waals surface area contributed by atoms with Crippen LogP contribution in [-0.2, 0) is 0 Å². The number of rotatable bonds is 2. The van der Waals surface area contributed by atoms with E-state index in [1.54, 1.807) is 18.2 Å². The van der Waals surface area contributed by atoms with Crippen molar-refractivity contribution >= 4 is 18.9 Å². The van der Waals surface area contributed by atoms with E-state index in [4.69, 9.17) is 0 Å². The number of carbonyl (C=O) groups is 1. The molecule has 0 saturated heterocycles. The van der Waals surface area contributed by atoms with Gasteiger partial charge in [-0.1, -0.05) is 30.9 Å². The van der Waals surface area contributed by atoms with Gasteiger partial charge in [0, 0.05) is 0 Å². The predicted molar refractivity (Wildman–Crippen MR) is 57.5 cm³/mol. The molecule has 0 aliphatic rings. The van der Waals surface area contributed by atoms with Gasteiger partial charge >= 0.3 is 0 Å². The van der Waals surface area contributed by atoms with Crippen molar-refractivity contribution in [2.75, 3.05) is 0 Å². The van der Waals surface area contributed by atoms with Crippen LogP contribution in [0.2, 0.25) is 0 Å². The summed E-state index contributed by atoms with van der Waals surface area (Å²) in [7, 11) is 0. The minimum Gasteiger partial charge on any atom is -0.507 e. The first-order chi connectivity index (χ1) is 6.70. The molecule has 14 heavy (non-hydrogen) atoms. The second-order valence-electron chi connectivity index (χ2n) is 2.88. The van der Waals surface area contributed by atoms with Crippen LogP contribution in [0.5, 0.6) is 5.75 Å². The molecule has 0 saturated carbocycles. The summed E-state index contributed by atoms with van der Waals surface area (Å²) in [5.74, 6) is -0.0110. The minimum absolute atomic E-state index is 0.0110. The van der Waals surface area contributed by atoms with Crippen molar-refractivity contribution in [2.45, 2.75) is 6.92 Å². The molecule has 0 aromatic heterocycles. The molecular formula is C12H12O2. The number of hydrogen-bond acceptors (Lipinski definition) is 2. The maximum absolute atomic E-state index is 10.7. The van der Waals surface area contributed by atoms with Crippen molar-refractivity contribution in [1.82, 2.24) is 0 Å². The Bertz CT molecular complexity index is 470. The topological polar surface area (TPSA) is 37.3 Å². The lowest BCUT2D eigenvalue weighted by atomic mass is 10.1. The average molecular weight is 188 g/mol. The number of carbonyl (C=O) groups excluding carboxylic acids is 1. The predicted octanol–water partition coefficient (Wildman–Crippen LogP) is 0.972. The van der Waals surface area contributed by atoms with E-state index >= 15 is 0 Å². The molecule has 0 aliphatic carbocycles. The van der Waals surface area contributed by atoms with Crippen molar-refractivity contribution in [1.29, 1.82) is 0 Å². The quantitative estimate of drug-likeness (QED) is 0.702. The molecule has 0 fully saturated rings. The number of hydrogen-bond donors (Lipinski definition) is 1. The maximum atomic E-state index is 10.7. The summed E-state index contributed by atoms with van der Waals surface area (Å²) in [6.07, 6.45) is 6.04. The molecule has 1 aromatic carbocycles. The van der Waals surface area contributed by atoms with E-state index in [9.17, 15) is 9.90 Å². The van der Waals surface area contributed by atoms with E-state index in [1.807, 2.05) is 13.0 Å². The highest BCUT2D eigenvalue weighted by atomic mass is 16.3. The summed E-state index contributed by atoms with van der Waals surface area (Å²) in [6.45, 7) is 5.67. The second kappa shape index (κ2) is 4.42. The Morgan fingerprint density at radius 2 is 2.14 bits per heavy atom. The van der Waals surface area contributed by atoms with E-state index in [2.05, 4.69) is 6.58 Å². The van der Waals surface area contributed by atoms with Gasteiger partial charge in [0.15, 0.2) is 6.29 Å². The van der Waals surface area contributed by atoms with Crippen molar-refractivity contribution < 1.29 is 9.90 Å². The molecule has 2 heteroatoms. The molecule has 0 aliphatic heterocycles. The first-order valence-electron chi connectivity index (χ1n) is 4.29. The van der Waals surface area contributed by atoms with E-state index < -0.39 is 0 Å². The van der Waals surface area contributed by atoms with Gasteiger partial charge in [-0.05, 0) is 23.4 Å². The van der Waals surface area contributed by atoms with Crippen LogP contribution in [0, 0.1) is 0 Å². The number of benzene rings is 1.